The van der Waals surface area contributed by atoms with Gasteiger partial charge in [0, 0.05) is 24.2 Å². The number of rotatable bonds is 7. The first-order valence-electron chi connectivity index (χ1n) is 6.52. The van der Waals surface area contributed by atoms with Gasteiger partial charge in [-0.25, -0.2) is 4.98 Å². The lowest BCUT2D eigenvalue weighted by molar-refractivity contribution is -0.304. The molecule has 0 aliphatic carbocycles. The average molecular weight is 290 g/mol. The molecule has 1 heterocycles. The normalized spacial score (nSPS) is 10.4. The van der Waals surface area contributed by atoms with Crippen LogP contribution in [0.3, 0.4) is 0 Å². The molecule has 0 bridgehead atoms. The number of benzene rings is 1. The molecule has 0 aliphatic rings. The summed E-state index contributed by atoms with van der Waals surface area (Å²) in [5.41, 5.74) is 1.83. The fraction of sp³-hybridized carbons (Fsp3) is 0.333. The third-order valence-corrected chi connectivity index (χ3v) is 3.80. The highest BCUT2D eigenvalue weighted by Crippen LogP contribution is 2.14. The summed E-state index contributed by atoms with van der Waals surface area (Å²) < 4.78 is 5.64. The van der Waals surface area contributed by atoms with E-state index in [-0.39, 0.29) is 6.42 Å². The van der Waals surface area contributed by atoms with Gasteiger partial charge in [-0.15, -0.1) is 11.3 Å². The van der Waals surface area contributed by atoms with Crippen molar-refractivity contribution in [2.45, 2.75) is 26.2 Å². The van der Waals surface area contributed by atoms with Crippen LogP contribution in [0.1, 0.15) is 23.2 Å². The van der Waals surface area contributed by atoms with Gasteiger partial charge in [0.05, 0.1) is 17.3 Å². The van der Waals surface area contributed by atoms with E-state index in [0.717, 1.165) is 17.2 Å². The summed E-state index contributed by atoms with van der Waals surface area (Å²) in [6.45, 7) is 2.65. The van der Waals surface area contributed by atoms with Crippen molar-refractivity contribution in [2.24, 2.45) is 0 Å². The molecule has 0 aliphatic heterocycles. The summed E-state index contributed by atoms with van der Waals surface area (Å²) in [6, 6.07) is 8.03. The first kappa shape index (κ1) is 14.5. The quantitative estimate of drug-likeness (QED) is 0.777. The Morgan fingerprint density at radius 3 is 2.75 bits per heavy atom. The maximum absolute atomic E-state index is 10.5. The fourth-order valence-electron chi connectivity index (χ4n) is 1.77. The number of nitrogens with zero attached hydrogens (tertiary/aromatic N) is 1. The minimum atomic E-state index is -1.10. The number of hydrogen-bond acceptors (Lipinski definition) is 5. The van der Waals surface area contributed by atoms with Crippen molar-refractivity contribution in [3.8, 4) is 5.75 Å². The maximum Gasteiger partial charge on any atom is 0.119 e. The second-order valence-electron chi connectivity index (χ2n) is 4.38. The second-order valence-corrected chi connectivity index (χ2v) is 5.32. The van der Waals surface area contributed by atoms with Crippen LogP contribution in [0.25, 0.3) is 0 Å². The van der Waals surface area contributed by atoms with Crippen LogP contribution in [-0.2, 0) is 24.1 Å². The molecular formula is C15H16NO3S-. The molecule has 1 aromatic carbocycles. The highest BCUT2D eigenvalue weighted by atomic mass is 32.1. The molecule has 0 fully saturated rings. The molecule has 106 valence electrons. The molecule has 0 atom stereocenters. The molecule has 0 amide bonds. The lowest BCUT2D eigenvalue weighted by Gasteiger charge is -2.05. The van der Waals surface area contributed by atoms with Gasteiger partial charge in [-0.05, 0) is 24.1 Å². The lowest BCUT2D eigenvalue weighted by Crippen LogP contribution is -2.24. The molecule has 0 radical (unpaired) electrons. The Bertz CT molecular complexity index is 563. The van der Waals surface area contributed by atoms with Gasteiger partial charge in [0.2, 0.25) is 0 Å². The monoisotopic (exact) mass is 290 g/mol. The standard InChI is InChI=1S/C15H17NO3S/c1-2-11-3-5-13(6-4-11)19-8-7-14-16-12(10-20-14)9-15(17)18/h3-6,10H,2,7-9H2,1H3,(H,17,18)/p-1. The lowest BCUT2D eigenvalue weighted by atomic mass is 10.2. The van der Waals surface area contributed by atoms with Gasteiger partial charge < -0.3 is 14.6 Å². The van der Waals surface area contributed by atoms with Gasteiger partial charge in [0.25, 0.3) is 0 Å². The average Bonchev–Trinajstić information content (AvgIpc) is 2.86. The molecule has 1 aromatic heterocycles. The van der Waals surface area contributed by atoms with E-state index in [2.05, 4.69) is 24.0 Å². The van der Waals surface area contributed by atoms with E-state index >= 15 is 0 Å². The molecule has 0 spiro atoms. The molecule has 4 nitrogen and oxygen atoms in total. The number of aryl methyl sites for hydroxylation is 1. The topological polar surface area (TPSA) is 62.2 Å². The van der Waals surface area contributed by atoms with Gasteiger partial charge in [0.15, 0.2) is 0 Å². The molecule has 0 saturated heterocycles. The molecular weight excluding hydrogens is 274 g/mol. The Balaban J connectivity index is 1.80. The third kappa shape index (κ3) is 4.35. The van der Waals surface area contributed by atoms with Crippen LogP contribution in [0.15, 0.2) is 29.6 Å². The Kier molecular flexibility index (Phi) is 5.12. The van der Waals surface area contributed by atoms with Gasteiger partial charge in [-0.3, -0.25) is 0 Å². The van der Waals surface area contributed by atoms with E-state index < -0.39 is 5.97 Å². The Morgan fingerprint density at radius 2 is 2.10 bits per heavy atom. The number of carbonyl (C=O) groups is 1. The van der Waals surface area contributed by atoms with Gasteiger partial charge in [0.1, 0.15) is 5.75 Å². The van der Waals surface area contributed by atoms with Crippen molar-refractivity contribution in [3.05, 3.63) is 45.9 Å². The highest BCUT2D eigenvalue weighted by Gasteiger charge is 2.03. The third-order valence-electron chi connectivity index (χ3n) is 2.84. The summed E-state index contributed by atoms with van der Waals surface area (Å²) >= 11 is 1.45. The number of carboxylic acids is 1. The molecule has 2 aromatic rings. The van der Waals surface area contributed by atoms with Crippen molar-refractivity contribution in [3.63, 3.8) is 0 Å². The number of carbonyl (C=O) groups excluding carboxylic acids is 1. The van der Waals surface area contributed by atoms with E-state index in [4.69, 9.17) is 4.74 Å². The van der Waals surface area contributed by atoms with Gasteiger partial charge in [-0.2, -0.15) is 0 Å². The summed E-state index contributed by atoms with van der Waals surface area (Å²) in [6.07, 6.45) is 1.56. The van der Waals surface area contributed by atoms with Crippen LogP contribution in [0.4, 0.5) is 0 Å². The van der Waals surface area contributed by atoms with E-state index in [1.54, 1.807) is 5.38 Å². The van der Waals surface area contributed by atoms with Gasteiger partial charge in [-0.1, -0.05) is 19.1 Å². The minimum absolute atomic E-state index is 0.129. The van der Waals surface area contributed by atoms with E-state index in [1.807, 2.05) is 12.1 Å². The second kappa shape index (κ2) is 7.05. The van der Waals surface area contributed by atoms with Crippen molar-refractivity contribution in [1.82, 2.24) is 4.98 Å². The number of aromatic nitrogens is 1. The smallest absolute Gasteiger partial charge is 0.119 e. The number of ether oxygens (including phenoxy) is 1. The zero-order valence-corrected chi connectivity index (χ0v) is 12.1. The van der Waals surface area contributed by atoms with Crippen LogP contribution in [0, 0.1) is 0 Å². The molecule has 20 heavy (non-hydrogen) atoms. The zero-order valence-electron chi connectivity index (χ0n) is 11.3. The SMILES string of the molecule is CCc1ccc(OCCc2nc(CC(=O)[O-])cs2)cc1. The van der Waals surface area contributed by atoms with Crippen LogP contribution < -0.4 is 9.84 Å². The van der Waals surface area contributed by atoms with Crippen molar-refractivity contribution in [1.29, 1.82) is 0 Å². The van der Waals surface area contributed by atoms with Crippen LogP contribution in [0.2, 0.25) is 0 Å². The molecule has 2 rings (SSSR count). The Morgan fingerprint density at radius 1 is 1.35 bits per heavy atom. The van der Waals surface area contributed by atoms with Crippen LogP contribution >= 0.6 is 11.3 Å². The predicted octanol–water partition coefficient (Wildman–Crippen LogP) is 1.62. The molecule has 0 N–H and O–H groups in total. The summed E-state index contributed by atoms with van der Waals surface area (Å²) in [4.78, 5) is 14.7. The molecule has 0 saturated carbocycles. The van der Waals surface area contributed by atoms with Gasteiger partial charge >= 0.3 is 0 Å². The van der Waals surface area contributed by atoms with E-state index in [1.165, 1.54) is 16.9 Å². The zero-order chi connectivity index (χ0) is 14.4. The first-order chi connectivity index (χ1) is 9.67. The summed E-state index contributed by atoms with van der Waals surface area (Å²) in [7, 11) is 0. The Labute approximate surface area is 122 Å². The highest BCUT2D eigenvalue weighted by molar-refractivity contribution is 7.09. The first-order valence-corrected chi connectivity index (χ1v) is 7.40. The number of carboxylic acid groups (broad SMARTS) is 1. The van der Waals surface area contributed by atoms with Crippen LogP contribution in [-0.4, -0.2) is 17.6 Å². The molecule has 5 heteroatoms. The van der Waals surface area contributed by atoms with Crippen molar-refractivity contribution >= 4 is 17.3 Å². The fourth-order valence-corrected chi connectivity index (χ4v) is 2.55. The van der Waals surface area contributed by atoms with Crippen LogP contribution in [0.5, 0.6) is 5.75 Å². The minimum Gasteiger partial charge on any atom is -0.550 e. The number of thiazole rings is 1. The van der Waals surface area contributed by atoms with Crippen molar-refractivity contribution in [2.75, 3.05) is 6.61 Å². The molecule has 0 unspecified atom stereocenters. The van der Waals surface area contributed by atoms with Crippen molar-refractivity contribution < 1.29 is 14.6 Å². The number of aliphatic carboxylic acids is 1. The largest absolute Gasteiger partial charge is 0.550 e. The van der Waals surface area contributed by atoms with E-state index in [9.17, 15) is 9.90 Å². The summed E-state index contributed by atoms with van der Waals surface area (Å²) in [5.74, 6) is -0.261. The predicted molar refractivity (Wildman–Crippen MR) is 75.8 cm³/mol. The number of hydrogen-bond donors (Lipinski definition) is 0. The summed E-state index contributed by atoms with van der Waals surface area (Å²) in [5, 5.41) is 13.1. The maximum atomic E-state index is 10.5. The Hall–Kier alpha value is -1.88. The van der Waals surface area contributed by atoms with E-state index in [0.29, 0.717) is 18.7 Å².